The normalized spacial score (nSPS) is 11.5. The summed E-state index contributed by atoms with van der Waals surface area (Å²) in [4.78, 5) is 18.9. The Morgan fingerprint density at radius 1 is 0.400 bits per heavy atom. The average Bonchev–Trinajstić information content (AvgIpc) is 3.05. The molecule has 40 heavy (non-hydrogen) atoms. The van der Waals surface area contributed by atoms with Gasteiger partial charge in [0.25, 0.3) is 0 Å². The Hall–Kier alpha value is -5.48. The van der Waals surface area contributed by atoms with Crippen LogP contribution in [0.15, 0.2) is 134 Å². The minimum Gasteiger partial charge on any atom is -0.265 e. The van der Waals surface area contributed by atoms with Gasteiger partial charge in [-0.05, 0) is 58.7 Å². The summed E-state index contributed by atoms with van der Waals surface area (Å²) in [5.74, 6) is 0. The van der Waals surface area contributed by atoms with E-state index in [0.29, 0.717) is 0 Å². The molecule has 8 aromatic rings. The van der Waals surface area contributed by atoms with Crippen LogP contribution in [-0.4, -0.2) is 19.9 Å². The predicted molar refractivity (Wildman–Crippen MR) is 164 cm³/mol. The van der Waals surface area contributed by atoms with E-state index in [-0.39, 0.29) is 0 Å². The van der Waals surface area contributed by atoms with E-state index in [9.17, 15) is 0 Å². The lowest BCUT2D eigenvalue weighted by Gasteiger charge is -2.15. The predicted octanol–water partition coefficient (Wildman–Crippen LogP) is 8.88. The molecule has 0 aliphatic carbocycles. The number of rotatable bonds is 3. The molecule has 0 aliphatic rings. The van der Waals surface area contributed by atoms with Gasteiger partial charge in [0, 0.05) is 57.3 Å². The van der Waals surface area contributed by atoms with Crippen LogP contribution in [0.5, 0.6) is 0 Å². The third kappa shape index (κ3) is 3.54. The van der Waals surface area contributed by atoms with Gasteiger partial charge < -0.3 is 0 Å². The SMILES string of the molecule is c1cc(-c2ccncc2)cc(-c2ccc(-c3nc4ccccc4c4c5cccnc5c5ncccc5c34)cc2)c1. The number of benzene rings is 4. The van der Waals surface area contributed by atoms with E-state index < -0.39 is 0 Å². The second kappa shape index (κ2) is 9.07. The molecule has 186 valence electrons. The maximum absolute atomic E-state index is 5.23. The summed E-state index contributed by atoms with van der Waals surface area (Å²) in [6.07, 6.45) is 7.34. The fourth-order valence-corrected chi connectivity index (χ4v) is 5.80. The first-order valence-electron chi connectivity index (χ1n) is 13.3. The summed E-state index contributed by atoms with van der Waals surface area (Å²) in [7, 11) is 0. The largest absolute Gasteiger partial charge is 0.265 e. The molecule has 0 fully saturated rings. The number of hydrogen-bond donors (Lipinski definition) is 0. The van der Waals surface area contributed by atoms with Crippen LogP contribution in [0.3, 0.4) is 0 Å². The van der Waals surface area contributed by atoms with Crippen molar-refractivity contribution in [2.45, 2.75) is 0 Å². The van der Waals surface area contributed by atoms with Crippen LogP contribution in [0.1, 0.15) is 0 Å². The molecule has 4 heterocycles. The van der Waals surface area contributed by atoms with Crippen LogP contribution < -0.4 is 0 Å². The Kier molecular flexibility index (Phi) is 5.10. The molecule has 0 unspecified atom stereocenters. The summed E-state index contributed by atoms with van der Waals surface area (Å²) in [5.41, 5.74) is 9.45. The minimum atomic E-state index is 0.897. The van der Waals surface area contributed by atoms with Gasteiger partial charge in [-0.2, -0.15) is 0 Å². The third-order valence-corrected chi connectivity index (χ3v) is 7.64. The summed E-state index contributed by atoms with van der Waals surface area (Å²) in [5, 5.41) is 5.54. The van der Waals surface area contributed by atoms with Gasteiger partial charge >= 0.3 is 0 Å². The van der Waals surface area contributed by atoms with Gasteiger partial charge in [-0.15, -0.1) is 0 Å². The number of nitrogens with zero attached hydrogens (tertiary/aromatic N) is 4. The zero-order valence-electron chi connectivity index (χ0n) is 21.5. The number of aromatic nitrogens is 4. The second-order valence-corrected chi connectivity index (χ2v) is 9.92. The van der Waals surface area contributed by atoms with Gasteiger partial charge in [-0.3, -0.25) is 15.0 Å². The average molecular weight is 511 g/mol. The topological polar surface area (TPSA) is 51.6 Å². The maximum atomic E-state index is 5.23. The fraction of sp³-hybridized carbons (Fsp3) is 0. The van der Waals surface area contributed by atoms with Crippen molar-refractivity contribution in [2.24, 2.45) is 0 Å². The Labute approximate surface area is 230 Å². The Morgan fingerprint density at radius 3 is 1.73 bits per heavy atom. The highest BCUT2D eigenvalue weighted by Crippen LogP contribution is 2.41. The second-order valence-electron chi connectivity index (χ2n) is 9.92. The van der Waals surface area contributed by atoms with Crippen LogP contribution >= 0.6 is 0 Å². The lowest BCUT2D eigenvalue weighted by molar-refractivity contribution is 1.33. The fourth-order valence-electron chi connectivity index (χ4n) is 5.80. The highest BCUT2D eigenvalue weighted by atomic mass is 14.7. The molecule has 0 saturated carbocycles. The van der Waals surface area contributed by atoms with E-state index >= 15 is 0 Å². The molecule has 0 atom stereocenters. The molecular formula is C36H22N4. The third-order valence-electron chi connectivity index (χ3n) is 7.64. The van der Waals surface area contributed by atoms with Crippen molar-refractivity contribution >= 4 is 43.5 Å². The highest BCUT2D eigenvalue weighted by molar-refractivity contribution is 6.32. The summed E-state index contributed by atoms with van der Waals surface area (Å²) >= 11 is 0. The van der Waals surface area contributed by atoms with Gasteiger partial charge in [-0.25, -0.2) is 4.98 Å². The first-order chi connectivity index (χ1) is 19.8. The summed E-state index contributed by atoms with van der Waals surface area (Å²) in [6.45, 7) is 0. The lowest BCUT2D eigenvalue weighted by Crippen LogP contribution is -1.94. The van der Waals surface area contributed by atoms with Crippen molar-refractivity contribution in [3.8, 4) is 33.5 Å². The number of pyridine rings is 4. The molecule has 0 bridgehead atoms. The minimum absolute atomic E-state index is 0.897. The van der Waals surface area contributed by atoms with Gasteiger partial charge in [0.05, 0.1) is 22.2 Å². The van der Waals surface area contributed by atoms with Crippen molar-refractivity contribution in [3.05, 3.63) is 134 Å². The van der Waals surface area contributed by atoms with Gasteiger partial charge in [0.1, 0.15) is 0 Å². The summed E-state index contributed by atoms with van der Waals surface area (Å²) in [6, 6.07) is 38.1. The first-order valence-corrected chi connectivity index (χ1v) is 13.3. The maximum Gasteiger partial charge on any atom is 0.0971 e. The van der Waals surface area contributed by atoms with Crippen molar-refractivity contribution < 1.29 is 0 Å². The molecule has 8 rings (SSSR count). The molecule has 0 radical (unpaired) electrons. The molecule has 4 aromatic carbocycles. The molecule has 0 spiro atoms. The molecule has 4 aromatic heterocycles. The number of hydrogen-bond acceptors (Lipinski definition) is 4. The molecule has 0 amide bonds. The Morgan fingerprint density at radius 2 is 1.00 bits per heavy atom. The zero-order chi connectivity index (χ0) is 26.5. The van der Waals surface area contributed by atoms with Crippen LogP contribution in [0, 0.1) is 0 Å². The van der Waals surface area contributed by atoms with Crippen molar-refractivity contribution in [1.82, 2.24) is 19.9 Å². The van der Waals surface area contributed by atoms with Crippen molar-refractivity contribution in [3.63, 3.8) is 0 Å². The van der Waals surface area contributed by atoms with E-state index in [4.69, 9.17) is 15.0 Å². The van der Waals surface area contributed by atoms with Gasteiger partial charge in [-0.1, -0.05) is 72.8 Å². The van der Waals surface area contributed by atoms with Crippen LogP contribution in [0.25, 0.3) is 77.0 Å². The van der Waals surface area contributed by atoms with E-state index in [2.05, 4.69) is 83.8 Å². The molecule has 0 N–H and O–H groups in total. The molecule has 4 nitrogen and oxygen atoms in total. The highest BCUT2D eigenvalue weighted by Gasteiger charge is 2.18. The lowest BCUT2D eigenvalue weighted by atomic mass is 9.92. The van der Waals surface area contributed by atoms with E-state index in [0.717, 1.165) is 60.5 Å². The Balaban J connectivity index is 1.36. The monoisotopic (exact) mass is 510 g/mol. The van der Waals surface area contributed by atoms with Crippen LogP contribution in [0.4, 0.5) is 0 Å². The Bertz CT molecular complexity index is 2200. The van der Waals surface area contributed by atoms with Gasteiger partial charge in [0.15, 0.2) is 0 Å². The van der Waals surface area contributed by atoms with E-state index in [1.165, 1.54) is 16.5 Å². The standard InChI is InChI=1S/C36H22N4/c1-2-11-31-28(8-1)32-29-9-4-18-38-35(29)36-30(10-5-19-39-36)33(32)34(40-31)25-14-12-23(13-15-25)26-6-3-7-27(22-26)24-16-20-37-21-17-24/h1-22H. The van der Waals surface area contributed by atoms with Crippen LogP contribution in [0.2, 0.25) is 0 Å². The smallest absolute Gasteiger partial charge is 0.0971 e. The molecule has 0 aliphatic heterocycles. The zero-order valence-corrected chi connectivity index (χ0v) is 21.5. The van der Waals surface area contributed by atoms with Crippen molar-refractivity contribution in [2.75, 3.05) is 0 Å². The number of para-hydroxylation sites is 1. The molecular weight excluding hydrogens is 488 g/mol. The quantitative estimate of drug-likeness (QED) is 0.223. The molecule has 4 heteroatoms. The first kappa shape index (κ1) is 22.5. The van der Waals surface area contributed by atoms with Crippen LogP contribution in [-0.2, 0) is 0 Å². The van der Waals surface area contributed by atoms with E-state index in [1.807, 2.05) is 55.1 Å². The van der Waals surface area contributed by atoms with Crippen molar-refractivity contribution in [1.29, 1.82) is 0 Å². The van der Waals surface area contributed by atoms with Gasteiger partial charge in [0.2, 0.25) is 0 Å². The number of fused-ring (bicyclic) bond motifs is 8. The van der Waals surface area contributed by atoms with E-state index in [1.54, 1.807) is 0 Å². The summed E-state index contributed by atoms with van der Waals surface area (Å²) < 4.78 is 0. The molecule has 0 saturated heterocycles.